The maximum atomic E-state index is 11.7. The lowest BCUT2D eigenvalue weighted by atomic mass is 10.3. The largest absolute Gasteiger partial charge is 0.464 e. The fourth-order valence-corrected chi connectivity index (χ4v) is 2.42. The van der Waals surface area contributed by atoms with Gasteiger partial charge in [-0.1, -0.05) is 23.5 Å². The Hall–Kier alpha value is -1.62. The first kappa shape index (κ1) is 10.9. The lowest BCUT2D eigenvalue weighted by Gasteiger charge is -2.03. The number of carbonyl (C=O) groups is 1. The number of para-hydroxylation sites is 1. The van der Waals surface area contributed by atoms with Gasteiger partial charge in [0, 0.05) is 6.92 Å². The van der Waals surface area contributed by atoms with Gasteiger partial charge in [-0.2, -0.15) is 0 Å². The Bertz CT molecular complexity index is 570. The first-order valence-corrected chi connectivity index (χ1v) is 5.72. The van der Waals surface area contributed by atoms with Crippen molar-refractivity contribution in [2.45, 2.75) is 13.5 Å². The normalized spacial score (nSPS) is 10.6. The summed E-state index contributed by atoms with van der Waals surface area (Å²) in [5.41, 5.74) is 0.893. The highest BCUT2D eigenvalue weighted by Gasteiger charge is 2.06. The van der Waals surface area contributed by atoms with Gasteiger partial charge in [-0.3, -0.25) is 14.2 Å². The molecule has 2 rings (SSSR count). The third-order valence-electron chi connectivity index (χ3n) is 2.19. The van der Waals surface area contributed by atoms with E-state index in [0.717, 1.165) is 10.2 Å². The molecule has 1 aromatic heterocycles. The Kier molecular flexibility index (Phi) is 3.05. The zero-order valence-corrected chi connectivity index (χ0v) is 9.62. The van der Waals surface area contributed by atoms with E-state index in [1.165, 1.54) is 18.3 Å². The molecule has 1 aromatic carbocycles. The Balaban J connectivity index is 2.26. The van der Waals surface area contributed by atoms with Gasteiger partial charge in [-0.05, 0) is 12.1 Å². The number of nitrogens with zero attached hydrogens (tertiary/aromatic N) is 1. The summed E-state index contributed by atoms with van der Waals surface area (Å²) in [6, 6.07) is 7.58. The molecule has 4 nitrogen and oxygen atoms in total. The summed E-state index contributed by atoms with van der Waals surface area (Å²) >= 11 is 1.20. The summed E-state index contributed by atoms with van der Waals surface area (Å²) in [4.78, 5) is 22.2. The number of esters is 1. The predicted octanol–water partition coefficient (Wildman–Crippen LogP) is 1.63. The number of rotatable bonds is 3. The summed E-state index contributed by atoms with van der Waals surface area (Å²) in [5, 5.41) is 0. The smallest absolute Gasteiger partial charge is 0.308 e. The van der Waals surface area contributed by atoms with Gasteiger partial charge in [0.05, 0.1) is 16.8 Å². The average molecular weight is 237 g/mol. The van der Waals surface area contributed by atoms with Crippen molar-refractivity contribution in [3.05, 3.63) is 33.9 Å². The minimum atomic E-state index is -0.326. The van der Waals surface area contributed by atoms with E-state index in [0.29, 0.717) is 6.54 Å². The molecule has 0 atom stereocenters. The van der Waals surface area contributed by atoms with E-state index in [9.17, 15) is 9.59 Å². The molecular weight excluding hydrogens is 226 g/mol. The van der Waals surface area contributed by atoms with Crippen molar-refractivity contribution < 1.29 is 9.53 Å². The molecular formula is C11H11NO3S. The Morgan fingerprint density at radius 1 is 1.44 bits per heavy atom. The highest BCUT2D eigenvalue weighted by molar-refractivity contribution is 7.16. The van der Waals surface area contributed by atoms with Gasteiger partial charge in [0.1, 0.15) is 6.61 Å². The second-order valence-corrected chi connectivity index (χ2v) is 4.32. The summed E-state index contributed by atoms with van der Waals surface area (Å²) in [6.07, 6.45) is 0. The van der Waals surface area contributed by atoms with Crippen LogP contribution in [0.25, 0.3) is 10.2 Å². The molecule has 0 unspecified atom stereocenters. The lowest BCUT2D eigenvalue weighted by molar-refractivity contribution is -0.141. The monoisotopic (exact) mass is 237 g/mol. The van der Waals surface area contributed by atoms with E-state index in [1.54, 1.807) is 4.57 Å². The van der Waals surface area contributed by atoms with Crippen molar-refractivity contribution in [1.29, 1.82) is 0 Å². The molecule has 0 saturated heterocycles. The molecule has 84 valence electrons. The van der Waals surface area contributed by atoms with Crippen LogP contribution in [0.3, 0.4) is 0 Å². The number of carbonyl (C=O) groups excluding carboxylic acids is 1. The summed E-state index contributed by atoms with van der Waals surface area (Å²) in [7, 11) is 0. The van der Waals surface area contributed by atoms with Crippen molar-refractivity contribution in [3.63, 3.8) is 0 Å². The van der Waals surface area contributed by atoms with Crippen molar-refractivity contribution in [2.75, 3.05) is 6.61 Å². The van der Waals surface area contributed by atoms with Crippen LogP contribution in [0.4, 0.5) is 0 Å². The maximum Gasteiger partial charge on any atom is 0.308 e. The first-order chi connectivity index (χ1) is 7.68. The maximum absolute atomic E-state index is 11.7. The van der Waals surface area contributed by atoms with Gasteiger partial charge in [0.25, 0.3) is 0 Å². The fourth-order valence-electron chi connectivity index (χ4n) is 1.51. The van der Waals surface area contributed by atoms with Crippen LogP contribution in [-0.4, -0.2) is 17.1 Å². The minimum Gasteiger partial charge on any atom is -0.464 e. The zero-order chi connectivity index (χ0) is 11.5. The molecule has 2 aromatic rings. The molecule has 0 radical (unpaired) electrons. The van der Waals surface area contributed by atoms with Crippen LogP contribution in [-0.2, 0) is 16.1 Å². The molecule has 0 spiro atoms. The number of aromatic nitrogens is 1. The van der Waals surface area contributed by atoms with E-state index in [-0.39, 0.29) is 17.4 Å². The summed E-state index contributed by atoms with van der Waals surface area (Å²) < 4.78 is 7.41. The lowest BCUT2D eigenvalue weighted by Crippen LogP contribution is -2.17. The molecule has 0 amide bonds. The van der Waals surface area contributed by atoms with Gasteiger partial charge >= 0.3 is 10.8 Å². The van der Waals surface area contributed by atoms with Gasteiger partial charge in [-0.15, -0.1) is 0 Å². The molecule has 0 aliphatic rings. The van der Waals surface area contributed by atoms with Crippen LogP contribution in [0.5, 0.6) is 0 Å². The molecule has 0 aliphatic heterocycles. The van der Waals surface area contributed by atoms with E-state index in [2.05, 4.69) is 0 Å². The molecule has 1 heterocycles. The Morgan fingerprint density at radius 2 is 2.19 bits per heavy atom. The summed E-state index contributed by atoms with van der Waals surface area (Å²) in [5.74, 6) is -0.326. The standard InChI is InChI=1S/C11H11NO3S/c1-8(13)15-7-6-12-9-4-2-3-5-10(9)16-11(12)14/h2-5H,6-7H2,1H3. The first-order valence-electron chi connectivity index (χ1n) is 4.90. The molecule has 0 saturated carbocycles. The van der Waals surface area contributed by atoms with Crippen LogP contribution in [0.2, 0.25) is 0 Å². The predicted molar refractivity (Wildman–Crippen MR) is 62.7 cm³/mol. The zero-order valence-electron chi connectivity index (χ0n) is 8.80. The highest BCUT2D eigenvalue weighted by Crippen LogP contribution is 2.15. The van der Waals surface area contributed by atoms with Crippen LogP contribution in [0.15, 0.2) is 29.1 Å². The fraction of sp³-hybridized carbons (Fsp3) is 0.273. The van der Waals surface area contributed by atoms with Crippen LogP contribution < -0.4 is 4.87 Å². The minimum absolute atomic E-state index is 0.0200. The van der Waals surface area contributed by atoms with E-state index >= 15 is 0 Å². The van der Waals surface area contributed by atoms with E-state index in [1.807, 2.05) is 24.3 Å². The molecule has 16 heavy (non-hydrogen) atoms. The topological polar surface area (TPSA) is 48.3 Å². The van der Waals surface area contributed by atoms with Crippen LogP contribution >= 0.6 is 11.3 Å². The molecule has 5 heteroatoms. The second kappa shape index (κ2) is 4.49. The number of benzene rings is 1. The number of hydrogen-bond donors (Lipinski definition) is 0. The molecule has 0 aliphatic carbocycles. The van der Waals surface area contributed by atoms with Gasteiger partial charge < -0.3 is 4.74 Å². The molecule has 0 bridgehead atoms. The van der Waals surface area contributed by atoms with Crippen molar-refractivity contribution in [3.8, 4) is 0 Å². The Labute approximate surface area is 96.1 Å². The SMILES string of the molecule is CC(=O)OCCn1c(=O)sc2ccccc21. The quantitative estimate of drug-likeness (QED) is 0.762. The van der Waals surface area contributed by atoms with Crippen LogP contribution in [0, 0.1) is 0 Å². The second-order valence-electron chi connectivity index (χ2n) is 3.33. The number of thiazole rings is 1. The van der Waals surface area contributed by atoms with Crippen LogP contribution in [0.1, 0.15) is 6.92 Å². The van der Waals surface area contributed by atoms with Crippen molar-refractivity contribution in [2.24, 2.45) is 0 Å². The number of hydrogen-bond acceptors (Lipinski definition) is 4. The highest BCUT2D eigenvalue weighted by atomic mass is 32.1. The van der Waals surface area contributed by atoms with Gasteiger partial charge in [-0.25, -0.2) is 0 Å². The van der Waals surface area contributed by atoms with E-state index < -0.39 is 0 Å². The summed E-state index contributed by atoms with van der Waals surface area (Å²) in [6.45, 7) is 1.99. The number of fused-ring (bicyclic) bond motifs is 1. The van der Waals surface area contributed by atoms with Crippen molar-refractivity contribution in [1.82, 2.24) is 4.57 Å². The molecule has 0 N–H and O–H groups in total. The third kappa shape index (κ3) is 2.14. The van der Waals surface area contributed by atoms with Crippen molar-refractivity contribution >= 4 is 27.5 Å². The average Bonchev–Trinajstić information content (AvgIpc) is 2.55. The molecule has 0 fully saturated rings. The Morgan fingerprint density at radius 3 is 2.94 bits per heavy atom. The third-order valence-corrected chi connectivity index (χ3v) is 3.15. The number of ether oxygens (including phenoxy) is 1. The van der Waals surface area contributed by atoms with Gasteiger partial charge in [0.2, 0.25) is 0 Å². The van der Waals surface area contributed by atoms with Gasteiger partial charge in [0.15, 0.2) is 0 Å². The van der Waals surface area contributed by atoms with E-state index in [4.69, 9.17) is 4.74 Å².